The maximum atomic E-state index is 12.0. The number of rotatable bonds is 4. The summed E-state index contributed by atoms with van der Waals surface area (Å²) >= 11 is 0. The molecule has 0 saturated carbocycles. The fourth-order valence-corrected chi connectivity index (χ4v) is 2.34. The first-order valence-corrected chi connectivity index (χ1v) is 6.30. The number of hydrogen-bond acceptors (Lipinski definition) is 5. The molecule has 0 aliphatic heterocycles. The second-order valence-corrected chi connectivity index (χ2v) is 4.68. The van der Waals surface area contributed by atoms with Gasteiger partial charge in [-0.05, 0) is 12.5 Å². The Morgan fingerprint density at radius 2 is 1.77 bits per heavy atom. The molecule has 1 aromatic heterocycles. The number of nitrogens with one attached hydrogen (secondary N) is 2. The largest absolute Gasteiger partial charge is 0.302 e. The number of non-ortho nitro benzene ring substituents is 1. The van der Waals surface area contributed by atoms with E-state index >= 15 is 0 Å². The van der Waals surface area contributed by atoms with Gasteiger partial charge in [-0.1, -0.05) is 12.1 Å². The maximum absolute atomic E-state index is 12.0. The van der Waals surface area contributed by atoms with E-state index in [9.17, 15) is 25.4 Å². The highest BCUT2D eigenvalue weighted by molar-refractivity contribution is 5.42. The molecule has 110 valence electrons. The molecule has 2 aromatic rings. The Morgan fingerprint density at radius 3 is 2.18 bits per heavy atom. The molecule has 0 fully saturated rings. The van der Waals surface area contributed by atoms with Crippen LogP contribution in [0.1, 0.15) is 22.7 Å². The maximum Gasteiger partial charge on any atom is 0.269 e. The molecule has 0 saturated heterocycles. The number of H-pyrrole nitrogens is 2. The lowest BCUT2D eigenvalue weighted by molar-refractivity contribution is -0.384. The minimum absolute atomic E-state index is 0.104. The summed E-state index contributed by atoms with van der Waals surface area (Å²) in [5.41, 5.74) is 0.765. The number of nitro benzene ring substituents is 1. The number of aromatic amines is 2. The molecule has 8 nitrogen and oxygen atoms in total. The number of benzene rings is 1. The van der Waals surface area contributed by atoms with Crippen LogP contribution in [0.4, 0.5) is 5.69 Å². The summed E-state index contributed by atoms with van der Waals surface area (Å²) in [7, 11) is 0. The zero-order valence-electron chi connectivity index (χ0n) is 11.5. The van der Waals surface area contributed by atoms with Crippen molar-refractivity contribution in [1.82, 2.24) is 10.2 Å². The normalized spacial score (nSPS) is 11.6. The standard InChI is InChI=1S/C14H11N5O3/c1-8-12(14(20)18-17-8)13(10(6-15)7-16)9-2-4-11(5-3-9)19(21)22/h2-5,10,13H,1H3,(H2,17,18,20). The molecule has 1 atom stereocenters. The van der Waals surface area contributed by atoms with Crippen LogP contribution in [0, 0.1) is 45.6 Å². The van der Waals surface area contributed by atoms with E-state index in [2.05, 4.69) is 10.2 Å². The van der Waals surface area contributed by atoms with Gasteiger partial charge in [0.1, 0.15) is 5.92 Å². The Morgan fingerprint density at radius 1 is 1.18 bits per heavy atom. The average molecular weight is 297 g/mol. The first-order valence-electron chi connectivity index (χ1n) is 6.30. The molecule has 8 heteroatoms. The van der Waals surface area contributed by atoms with Gasteiger partial charge in [0.15, 0.2) is 0 Å². The molecule has 2 rings (SSSR count). The van der Waals surface area contributed by atoms with Gasteiger partial charge in [-0.25, -0.2) is 0 Å². The quantitative estimate of drug-likeness (QED) is 0.653. The van der Waals surface area contributed by atoms with Crippen LogP contribution >= 0.6 is 0 Å². The molecule has 1 unspecified atom stereocenters. The van der Waals surface area contributed by atoms with Crippen molar-refractivity contribution >= 4 is 5.69 Å². The summed E-state index contributed by atoms with van der Waals surface area (Å²) in [4.78, 5) is 22.1. The highest BCUT2D eigenvalue weighted by atomic mass is 16.6. The van der Waals surface area contributed by atoms with Crippen LogP contribution in [-0.4, -0.2) is 15.1 Å². The Hall–Kier alpha value is -3.39. The third-order valence-electron chi connectivity index (χ3n) is 3.40. The van der Waals surface area contributed by atoms with E-state index < -0.39 is 22.3 Å². The second-order valence-electron chi connectivity index (χ2n) is 4.68. The summed E-state index contributed by atoms with van der Waals surface area (Å²) in [5, 5.41) is 34.1. The predicted molar refractivity (Wildman–Crippen MR) is 75.8 cm³/mol. The van der Waals surface area contributed by atoms with E-state index in [-0.39, 0.29) is 11.3 Å². The van der Waals surface area contributed by atoms with E-state index in [0.29, 0.717) is 11.3 Å². The van der Waals surface area contributed by atoms with Gasteiger partial charge < -0.3 is 5.10 Å². The summed E-state index contributed by atoms with van der Waals surface area (Å²) < 4.78 is 0. The summed E-state index contributed by atoms with van der Waals surface area (Å²) in [6.07, 6.45) is 0. The predicted octanol–water partition coefficient (Wildman–Crippen LogP) is 1.71. The third kappa shape index (κ3) is 2.58. The van der Waals surface area contributed by atoms with Crippen molar-refractivity contribution in [3.8, 4) is 12.1 Å². The van der Waals surface area contributed by atoms with Crippen LogP contribution in [0.25, 0.3) is 0 Å². The van der Waals surface area contributed by atoms with Gasteiger partial charge >= 0.3 is 0 Å². The summed E-state index contributed by atoms with van der Waals surface area (Å²) in [6.45, 7) is 1.65. The number of aromatic nitrogens is 2. The van der Waals surface area contributed by atoms with Crippen molar-refractivity contribution in [2.75, 3.05) is 0 Å². The van der Waals surface area contributed by atoms with Crippen molar-refractivity contribution in [1.29, 1.82) is 10.5 Å². The number of aryl methyl sites for hydroxylation is 1. The smallest absolute Gasteiger partial charge is 0.269 e. The Labute approximate surface area is 124 Å². The first-order chi connectivity index (χ1) is 10.5. The molecule has 1 heterocycles. The van der Waals surface area contributed by atoms with Crippen LogP contribution < -0.4 is 5.56 Å². The van der Waals surface area contributed by atoms with Crippen molar-refractivity contribution in [3.05, 3.63) is 61.6 Å². The number of nitro groups is 1. The van der Waals surface area contributed by atoms with Gasteiger partial charge in [0.05, 0.1) is 17.1 Å². The first kappa shape index (κ1) is 15.0. The van der Waals surface area contributed by atoms with Crippen molar-refractivity contribution < 1.29 is 4.92 Å². The van der Waals surface area contributed by atoms with Gasteiger partial charge in [0.25, 0.3) is 11.2 Å². The molecule has 2 N–H and O–H groups in total. The molecular formula is C14H11N5O3. The lowest BCUT2D eigenvalue weighted by Crippen LogP contribution is -2.19. The number of nitriles is 2. The van der Waals surface area contributed by atoms with E-state index in [1.807, 2.05) is 12.1 Å². The van der Waals surface area contributed by atoms with Crippen LogP contribution in [0.15, 0.2) is 29.1 Å². The molecule has 1 aromatic carbocycles. The van der Waals surface area contributed by atoms with Gasteiger partial charge in [-0.3, -0.25) is 20.0 Å². The molecule has 0 aliphatic carbocycles. The molecule has 0 spiro atoms. The monoisotopic (exact) mass is 297 g/mol. The van der Waals surface area contributed by atoms with E-state index in [0.717, 1.165) is 0 Å². The van der Waals surface area contributed by atoms with Crippen LogP contribution in [0.3, 0.4) is 0 Å². The van der Waals surface area contributed by atoms with Crippen molar-refractivity contribution in [3.63, 3.8) is 0 Å². The summed E-state index contributed by atoms with van der Waals surface area (Å²) in [6, 6.07) is 9.21. The minimum Gasteiger partial charge on any atom is -0.302 e. The van der Waals surface area contributed by atoms with Gasteiger partial charge in [-0.15, -0.1) is 0 Å². The van der Waals surface area contributed by atoms with E-state index in [1.54, 1.807) is 6.92 Å². The molecule has 0 aliphatic rings. The number of nitrogens with zero attached hydrogens (tertiary/aromatic N) is 3. The Balaban J connectivity index is 2.60. The highest BCUT2D eigenvalue weighted by Gasteiger charge is 2.30. The topological polar surface area (TPSA) is 139 Å². The minimum atomic E-state index is -1.09. The zero-order chi connectivity index (χ0) is 16.3. The van der Waals surface area contributed by atoms with Gasteiger partial charge in [-0.2, -0.15) is 10.5 Å². The highest BCUT2D eigenvalue weighted by Crippen LogP contribution is 2.32. The fraction of sp³-hybridized carbons (Fsp3) is 0.214. The van der Waals surface area contributed by atoms with E-state index in [4.69, 9.17) is 0 Å². The molecule has 0 radical (unpaired) electrons. The van der Waals surface area contributed by atoms with Crippen molar-refractivity contribution in [2.24, 2.45) is 5.92 Å². The SMILES string of the molecule is Cc1[nH][nH]c(=O)c1C(c1ccc([N+](=O)[O-])cc1)C(C#N)C#N. The summed E-state index contributed by atoms with van der Waals surface area (Å²) in [5.74, 6) is -1.87. The molecule has 0 bridgehead atoms. The number of hydrogen-bond donors (Lipinski definition) is 2. The van der Waals surface area contributed by atoms with Gasteiger partial charge in [0, 0.05) is 29.3 Å². The average Bonchev–Trinajstić information content (AvgIpc) is 2.84. The molecular weight excluding hydrogens is 286 g/mol. The Bertz CT molecular complexity index is 821. The second kappa shape index (κ2) is 5.94. The molecule has 0 amide bonds. The van der Waals surface area contributed by atoms with Crippen molar-refractivity contribution in [2.45, 2.75) is 12.8 Å². The lowest BCUT2D eigenvalue weighted by atomic mass is 9.82. The lowest BCUT2D eigenvalue weighted by Gasteiger charge is -2.16. The third-order valence-corrected chi connectivity index (χ3v) is 3.40. The Kier molecular flexibility index (Phi) is 4.05. The molecule has 22 heavy (non-hydrogen) atoms. The van der Waals surface area contributed by atoms with Crippen LogP contribution in [-0.2, 0) is 0 Å². The van der Waals surface area contributed by atoms with Gasteiger partial charge in [0.2, 0.25) is 0 Å². The van der Waals surface area contributed by atoms with Crippen LogP contribution in [0.5, 0.6) is 0 Å². The zero-order valence-corrected chi connectivity index (χ0v) is 11.5. The van der Waals surface area contributed by atoms with Crippen LogP contribution in [0.2, 0.25) is 0 Å². The van der Waals surface area contributed by atoms with E-state index in [1.165, 1.54) is 24.3 Å². The fourth-order valence-electron chi connectivity index (χ4n) is 2.34.